The van der Waals surface area contributed by atoms with Gasteiger partial charge in [-0.05, 0) is 19.1 Å². The molecular formula is C15H18N2O5. The van der Waals surface area contributed by atoms with Crippen molar-refractivity contribution in [3.63, 3.8) is 0 Å². The molecule has 0 spiro atoms. The smallest absolute Gasteiger partial charge is 0.268 e. The van der Waals surface area contributed by atoms with Crippen molar-refractivity contribution in [2.24, 2.45) is 0 Å². The summed E-state index contributed by atoms with van der Waals surface area (Å²) < 4.78 is 10.7. The molecule has 0 aliphatic carbocycles. The molecule has 7 nitrogen and oxygen atoms in total. The Balaban J connectivity index is 1.82. The number of phenols is 1. The van der Waals surface area contributed by atoms with Gasteiger partial charge in [-0.3, -0.25) is 14.5 Å². The van der Waals surface area contributed by atoms with Gasteiger partial charge in [-0.25, -0.2) is 0 Å². The van der Waals surface area contributed by atoms with E-state index in [1.807, 2.05) is 0 Å². The predicted octanol–water partition coefficient (Wildman–Crippen LogP) is 0.365. The molecule has 1 N–H and O–H groups in total. The third-order valence-corrected chi connectivity index (χ3v) is 3.81. The number of carbonyl (C=O) groups excluding carboxylic acids is 2. The van der Waals surface area contributed by atoms with Crippen molar-refractivity contribution >= 4 is 17.5 Å². The van der Waals surface area contributed by atoms with Gasteiger partial charge < -0.3 is 19.5 Å². The number of anilines is 1. The fourth-order valence-electron chi connectivity index (χ4n) is 2.61. The van der Waals surface area contributed by atoms with Gasteiger partial charge in [-0.15, -0.1) is 0 Å². The number of carbonyl (C=O) groups is 2. The molecule has 0 radical (unpaired) electrons. The van der Waals surface area contributed by atoms with E-state index in [-0.39, 0.29) is 24.1 Å². The number of benzene rings is 1. The van der Waals surface area contributed by atoms with Gasteiger partial charge in [0.25, 0.3) is 5.91 Å². The molecular weight excluding hydrogens is 288 g/mol. The normalized spacial score (nSPS) is 21.3. The van der Waals surface area contributed by atoms with Crippen molar-refractivity contribution in [3.05, 3.63) is 18.2 Å². The van der Waals surface area contributed by atoms with Crippen molar-refractivity contribution in [1.82, 2.24) is 4.90 Å². The van der Waals surface area contributed by atoms with Crippen molar-refractivity contribution < 1.29 is 24.2 Å². The molecule has 0 saturated carbocycles. The van der Waals surface area contributed by atoms with Gasteiger partial charge in [-0.1, -0.05) is 0 Å². The van der Waals surface area contributed by atoms with Gasteiger partial charge in [-0.2, -0.15) is 0 Å². The highest BCUT2D eigenvalue weighted by Gasteiger charge is 2.34. The van der Waals surface area contributed by atoms with Crippen molar-refractivity contribution in [1.29, 1.82) is 0 Å². The standard InChI is InChI=1S/C15H18N2O5/c1-10-15(20)17(9-14(19)16-4-6-21-7-5-16)12-3-2-11(18)8-13(12)22-10/h2-3,8,10,18H,4-7,9H2,1H3. The summed E-state index contributed by atoms with van der Waals surface area (Å²) in [7, 11) is 0. The lowest BCUT2D eigenvalue weighted by atomic mass is 10.1. The average molecular weight is 306 g/mol. The van der Waals surface area contributed by atoms with E-state index in [1.54, 1.807) is 17.9 Å². The average Bonchev–Trinajstić information content (AvgIpc) is 2.52. The molecule has 3 rings (SSSR count). The topological polar surface area (TPSA) is 79.3 Å². The Kier molecular flexibility index (Phi) is 3.89. The highest BCUT2D eigenvalue weighted by Crippen LogP contribution is 2.36. The summed E-state index contributed by atoms with van der Waals surface area (Å²) in [5.74, 6) is 0.0752. The Morgan fingerprint density at radius 2 is 2.09 bits per heavy atom. The SMILES string of the molecule is CC1Oc2cc(O)ccc2N(CC(=O)N2CCOCC2)C1=O. The van der Waals surface area contributed by atoms with Crippen LogP contribution < -0.4 is 9.64 Å². The monoisotopic (exact) mass is 306 g/mol. The minimum absolute atomic E-state index is 0.0374. The van der Waals surface area contributed by atoms with Crippen LogP contribution in [0.4, 0.5) is 5.69 Å². The molecule has 1 aromatic carbocycles. The van der Waals surface area contributed by atoms with Crippen molar-refractivity contribution in [2.75, 3.05) is 37.7 Å². The molecule has 22 heavy (non-hydrogen) atoms. The van der Waals surface area contributed by atoms with E-state index >= 15 is 0 Å². The number of phenolic OH excluding ortho intramolecular Hbond substituents is 1. The first-order chi connectivity index (χ1) is 10.6. The fourth-order valence-corrected chi connectivity index (χ4v) is 2.61. The summed E-state index contributed by atoms with van der Waals surface area (Å²) in [5.41, 5.74) is 0.502. The molecule has 1 atom stereocenters. The lowest BCUT2D eigenvalue weighted by molar-refractivity contribution is -0.136. The second-order valence-corrected chi connectivity index (χ2v) is 5.33. The maximum Gasteiger partial charge on any atom is 0.268 e. The molecule has 0 aromatic heterocycles. The van der Waals surface area contributed by atoms with Crippen LogP contribution in [0.1, 0.15) is 6.92 Å². The van der Waals surface area contributed by atoms with Crippen LogP contribution in [0.15, 0.2) is 18.2 Å². The maximum absolute atomic E-state index is 12.4. The second-order valence-electron chi connectivity index (χ2n) is 5.33. The van der Waals surface area contributed by atoms with E-state index in [9.17, 15) is 14.7 Å². The first-order valence-corrected chi connectivity index (χ1v) is 7.23. The molecule has 2 heterocycles. The summed E-state index contributed by atoms with van der Waals surface area (Å²) >= 11 is 0. The lowest BCUT2D eigenvalue weighted by Crippen LogP contribution is -2.51. The van der Waals surface area contributed by atoms with Crippen LogP contribution in [0.25, 0.3) is 0 Å². The van der Waals surface area contributed by atoms with Crippen LogP contribution in [-0.2, 0) is 14.3 Å². The van der Waals surface area contributed by atoms with Gasteiger partial charge in [0.05, 0.1) is 18.9 Å². The summed E-state index contributed by atoms with van der Waals surface area (Å²) in [5, 5.41) is 9.54. The summed E-state index contributed by atoms with van der Waals surface area (Å²) in [6.07, 6.45) is -0.688. The van der Waals surface area contributed by atoms with Crippen LogP contribution in [0.2, 0.25) is 0 Å². The summed E-state index contributed by atoms with van der Waals surface area (Å²) in [4.78, 5) is 27.8. The van der Waals surface area contributed by atoms with Gasteiger partial charge in [0.2, 0.25) is 5.91 Å². The van der Waals surface area contributed by atoms with E-state index in [0.29, 0.717) is 37.7 Å². The molecule has 7 heteroatoms. The van der Waals surface area contributed by atoms with E-state index in [1.165, 1.54) is 17.0 Å². The third-order valence-electron chi connectivity index (χ3n) is 3.81. The number of ether oxygens (including phenoxy) is 2. The molecule has 2 amide bonds. The molecule has 1 saturated heterocycles. The van der Waals surface area contributed by atoms with E-state index in [0.717, 1.165) is 0 Å². The highest BCUT2D eigenvalue weighted by molar-refractivity contribution is 6.03. The van der Waals surface area contributed by atoms with Crippen LogP contribution in [0.3, 0.4) is 0 Å². The third kappa shape index (κ3) is 2.71. The number of aromatic hydroxyl groups is 1. The summed E-state index contributed by atoms with van der Waals surface area (Å²) in [6.45, 7) is 3.70. The molecule has 2 aliphatic rings. The van der Waals surface area contributed by atoms with Gasteiger partial charge in [0.1, 0.15) is 18.0 Å². The Morgan fingerprint density at radius 1 is 1.36 bits per heavy atom. The Morgan fingerprint density at radius 3 is 2.82 bits per heavy atom. The van der Waals surface area contributed by atoms with E-state index in [4.69, 9.17) is 9.47 Å². The second kappa shape index (κ2) is 5.84. The van der Waals surface area contributed by atoms with Gasteiger partial charge >= 0.3 is 0 Å². The number of nitrogens with zero attached hydrogens (tertiary/aromatic N) is 2. The molecule has 2 aliphatic heterocycles. The van der Waals surface area contributed by atoms with Crippen LogP contribution >= 0.6 is 0 Å². The number of fused-ring (bicyclic) bond motifs is 1. The fraction of sp³-hybridized carbons (Fsp3) is 0.467. The minimum Gasteiger partial charge on any atom is -0.508 e. The number of amides is 2. The Hall–Kier alpha value is -2.28. The Bertz CT molecular complexity index is 598. The van der Waals surface area contributed by atoms with Crippen LogP contribution in [0, 0.1) is 0 Å². The van der Waals surface area contributed by atoms with E-state index < -0.39 is 6.10 Å². The minimum atomic E-state index is -0.688. The zero-order valence-electron chi connectivity index (χ0n) is 12.3. The lowest BCUT2D eigenvalue weighted by Gasteiger charge is -2.34. The number of hydrogen-bond donors (Lipinski definition) is 1. The van der Waals surface area contributed by atoms with Crippen molar-refractivity contribution in [2.45, 2.75) is 13.0 Å². The first kappa shape index (κ1) is 14.6. The maximum atomic E-state index is 12.4. The van der Waals surface area contributed by atoms with Crippen LogP contribution in [-0.4, -0.2) is 60.8 Å². The predicted molar refractivity (Wildman–Crippen MR) is 77.9 cm³/mol. The molecule has 1 aromatic rings. The van der Waals surface area contributed by atoms with Gasteiger partial charge in [0, 0.05) is 19.2 Å². The van der Waals surface area contributed by atoms with Crippen LogP contribution in [0.5, 0.6) is 11.5 Å². The number of hydrogen-bond acceptors (Lipinski definition) is 5. The first-order valence-electron chi connectivity index (χ1n) is 7.23. The van der Waals surface area contributed by atoms with Crippen molar-refractivity contribution in [3.8, 4) is 11.5 Å². The zero-order chi connectivity index (χ0) is 15.7. The number of rotatable bonds is 2. The quantitative estimate of drug-likeness (QED) is 0.854. The molecule has 118 valence electrons. The molecule has 1 unspecified atom stereocenters. The molecule has 1 fully saturated rings. The zero-order valence-corrected chi connectivity index (χ0v) is 12.3. The highest BCUT2D eigenvalue weighted by atomic mass is 16.5. The molecule has 0 bridgehead atoms. The Labute approximate surface area is 128 Å². The number of morpholine rings is 1. The largest absolute Gasteiger partial charge is 0.508 e. The van der Waals surface area contributed by atoms with E-state index in [2.05, 4.69) is 0 Å². The van der Waals surface area contributed by atoms with Gasteiger partial charge in [0.15, 0.2) is 6.10 Å². The summed E-state index contributed by atoms with van der Waals surface area (Å²) in [6, 6.07) is 4.50.